The third-order valence-electron chi connectivity index (χ3n) is 4.46. The highest BCUT2D eigenvalue weighted by Crippen LogP contribution is 2.34. The van der Waals surface area contributed by atoms with Crippen molar-refractivity contribution in [1.82, 2.24) is 14.9 Å². The van der Waals surface area contributed by atoms with Crippen molar-refractivity contribution in [3.63, 3.8) is 0 Å². The number of aliphatic hydroxyl groups excluding tert-OH is 1. The lowest BCUT2D eigenvalue weighted by Crippen LogP contribution is -2.44. The van der Waals surface area contributed by atoms with Crippen LogP contribution in [0.2, 0.25) is 0 Å². The molecule has 0 bridgehead atoms. The van der Waals surface area contributed by atoms with Gasteiger partial charge in [-0.2, -0.15) is 0 Å². The van der Waals surface area contributed by atoms with Gasteiger partial charge in [0.15, 0.2) is 0 Å². The number of aromatic nitrogens is 2. The molecule has 2 aromatic carbocycles. The third kappa shape index (κ3) is 2.91. The van der Waals surface area contributed by atoms with Crippen LogP contribution in [-0.4, -0.2) is 39.0 Å². The summed E-state index contributed by atoms with van der Waals surface area (Å²) in [6, 6.07) is 15.3. The monoisotopic (exact) mass is 346 g/mol. The van der Waals surface area contributed by atoms with E-state index in [-0.39, 0.29) is 25.2 Å². The minimum atomic E-state index is -0.353. The van der Waals surface area contributed by atoms with Crippen molar-refractivity contribution < 1.29 is 9.90 Å². The van der Waals surface area contributed by atoms with Crippen LogP contribution < -0.4 is 5.32 Å². The summed E-state index contributed by atoms with van der Waals surface area (Å²) in [6.07, 6.45) is 4.65. The van der Waals surface area contributed by atoms with Crippen molar-refractivity contribution >= 4 is 11.6 Å². The molecule has 26 heavy (non-hydrogen) atoms. The van der Waals surface area contributed by atoms with Crippen LogP contribution in [0.1, 0.15) is 22.1 Å². The summed E-state index contributed by atoms with van der Waals surface area (Å²) in [5, 5.41) is 12.9. The number of nitrogens with zero attached hydrogens (tertiary/aromatic N) is 3. The number of anilines is 1. The Morgan fingerprint density at radius 2 is 1.85 bits per heavy atom. The third-order valence-corrected chi connectivity index (χ3v) is 4.46. The number of nitrogens with one attached hydrogen (secondary N) is 1. The van der Waals surface area contributed by atoms with Gasteiger partial charge in [0.2, 0.25) is 0 Å². The zero-order chi connectivity index (χ0) is 17.9. The van der Waals surface area contributed by atoms with E-state index in [4.69, 9.17) is 0 Å². The standard InChI is InChI=1S/C20H18N4O2/c25-9-8-24-19(23-18-7-2-1-6-17(18)20(24)26)15-5-3-4-14(10-15)16-11-21-13-22-12-16/h1-7,10-13,19,23,25H,8-9H2. The van der Waals surface area contributed by atoms with Crippen molar-refractivity contribution in [2.75, 3.05) is 18.5 Å². The number of carbonyl (C=O) groups excluding carboxylic acids is 1. The Morgan fingerprint density at radius 1 is 1.04 bits per heavy atom. The van der Waals surface area contributed by atoms with E-state index < -0.39 is 0 Å². The van der Waals surface area contributed by atoms with Crippen LogP contribution in [-0.2, 0) is 0 Å². The van der Waals surface area contributed by atoms with Gasteiger partial charge < -0.3 is 15.3 Å². The Kier molecular flexibility index (Phi) is 4.33. The topological polar surface area (TPSA) is 78.4 Å². The molecule has 0 spiro atoms. The van der Waals surface area contributed by atoms with Gasteiger partial charge in [-0.1, -0.05) is 30.3 Å². The van der Waals surface area contributed by atoms with Gasteiger partial charge in [-0.15, -0.1) is 0 Å². The fraction of sp³-hybridized carbons (Fsp3) is 0.150. The lowest BCUT2D eigenvalue weighted by molar-refractivity contribution is 0.0641. The minimum Gasteiger partial charge on any atom is -0.395 e. The fourth-order valence-corrected chi connectivity index (χ4v) is 3.23. The highest BCUT2D eigenvalue weighted by molar-refractivity contribution is 6.01. The summed E-state index contributed by atoms with van der Waals surface area (Å²) >= 11 is 0. The lowest BCUT2D eigenvalue weighted by Gasteiger charge is -2.38. The predicted octanol–water partition coefficient (Wildman–Crippen LogP) is 2.70. The van der Waals surface area contributed by atoms with E-state index in [1.54, 1.807) is 23.4 Å². The summed E-state index contributed by atoms with van der Waals surface area (Å²) in [4.78, 5) is 22.7. The summed E-state index contributed by atoms with van der Waals surface area (Å²) in [5.41, 5.74) is 4.23. The molecule has 1 aliphatic heterocycles. The molecular weight excluding hydrogens is 328 g/mol. The van der Waals surface area contributed by atoms with Crippen LogP contribution in [0.25, 0.3) is 11.1 Å². The molecule has 2 heterocycles. The van der Waals surface area contributed by atoms with E-state index in [2.05, 4.69) is 15.3 Å². The number of benzene rings is 2. The zero-order valence-electron chi connectivity index (χ0n) is 14.0. The molecule has 0 aliphatic carbocycles. The highest BCUT2D eigenvalue weighted by Gasteiger charge is 2.32. The Labute approximate surface area is 151 Å². The zero-order valence-corrected chi connectivity index (χ0v) is 14.0. The second kappa shape index (κ2) is 6.93. The Hall–Kier alpha value is -3.25. The van der Waals surface area contributed by atoms with Crippen LogP contribution in [0.3, 0.4) is 0 Å². The normalized spacial score (nSPS) is 16.1. The maximum absolute atomic E-state index is 12.9. The molecule has 6 nitrogen and oxygen atoms in total. The van der Waals surface area contributed by atoms with E-state index in [0.717, 1.165) is 22.4 Å². The van der Waals surface area contributed by atoms with Gasteiger partial charge in [0.05, 0.1) is 12.2 Å². The smallest absolute Gasteiger partial charge is 0.257 e. The number of hydrogen-bond acceptors (Lipinski definition) is 5. The molecule has 0 radical (unpaired) electrons. The van der Waals surface area contributed by atoms with Crippen molar-refractivity contribution in [3.8, 4) is 11.1 Å². The SMILES string of the molecule is O=C1c2ccccc2NC(c2cccc(-c3cncnc3)c2)N1CCO. The molecule has 1 atom stereocenters. The number of β-amino-alcohol motifs (C(OH)–C–C–N with tert-alkyl or cyclic N) is 1. The summed E-state index contributed by atoms with van der Waals surface area (Å²) in [6.45, 7) is 0.155. The molecule has 1 unspecified atom stereocenters. The van der Waals surface area contributed by atoms with Crippen LogP contribution in [0.4, 0.5) is 5.69 Å². The summed E-state index contributed by atoms with van der Waals surface area (Å²) in [7, 11) is 0. The largest absolute Gasteiger partial charge is 0.395 e. The molecule has 1 amide bonds. The Balaban J connectivity index is 1.75. The first-order valence-electron chi connectivity index (χ1n) is 8.40. The molecule has 0 saturated carbocycles. The van der Waals surface area contributed by atoms with Crippen molar-refractivity contribution in [3.05, 3.63) is 78.4 Å². The maximum Gasteiger partial charge on any atom is 0.257 e. The van der Waals surface area contributed by atoms with E-state index in [1.807, 2.05) is 42.5 Å². The maximum atomic E-state index is 12.9. The predicted molar refractivity (Wildman–Crippen MR) is 98.4 cm³/mol. The Bertz CT molecular complexity index is 930. The van der Waals surface area contributed by atoms with Gasteiger partial charge in [0.1, 0.15) is 12.5 Å². The first-order valence-corrected chi connectivity index (χ1v) is 8.40. The number of hydrogen-bond donors (Lipinski definition) is 2. The lowest BCUT2D eigenvalue weighted by atomic mass is 10.0. The van der Waals surface area contributed by atoms with E-state index in [0.29, 0.717) is 5.56 Å². The number of carbonyl (C=O) groups is 1. The Morgan fingerprint density at radius 3 is 2.65 bits per heavy atom. The molecular formula is C20H18N4O2. The van der Waals surface area contributed by atoms with E-state index in [1.165, 1.54) is 6.33 Å². The molecule has 1 aliphatic rings. The number of para-hydroxylation sites is 1. The fourth-order valence-electron chi connectivity index (χ4n) is 3.23. The summed E-state index contributed by atoms with van der Waals surface area (Å²) in [5.74, 6) is -0.0909. The van der Waals surface area contributed by atoms with Gasteiger partial charge in [-0.3, -0.25) is 4.79 Å². The number of fused-ring (bicyclic) bond motifs is 1. The van der Waals surface area contributed by atoms with Gasteiger partial charge in [-0.25, -0.2) is 9.97 Å². The average molecular weight is 346 g/mol. The first-order chi connectivity index (χ1) is 12.8. The second-order valence-electron chi connectivity index (χ2n) is 6.07. The van der Waals surface area contributed by atoms with Crippen LogP contribution in [0.15, 0.2) is 67.3 Å². The highest BCUT2D eigenvalue weighted by atomic mass is 16.3. The molecule has 0 fully saturated rings. The van der Waals surface area contributed by atoms with Crippen LogP contribution >= 0.6 is 0 Å². The minimum absolute atomic E-state index is 0.0909. The van der Waals surface area contributed by atoms with Gasteiger partial charge >= 0.3 is 0 Å². The van der Waals surface area contributed by atoms with Crippen molar-refractivity contribution in [2.45, 2.75) is 6.17 Å². The molecule has 130 valence electrons. The van der Waals surface area contributed by atoms with Gasteiger partial charge in [0.25, 0.3) is 5.91 Å². The molecule has 3 aromatic rings. The van der Waals surface area contributed by atoms with Crippen LogP contribution in [0, 0.1) is 0 Å². The number of rotatable bonds is 4. The first kappa shape index (κ1) is 16.2. The van der Waals surface area contributed by atoms with Crippen molar-refractivity contribution in [2.24, 2.45) is 0 Å². The summed E-state index contributed by atoms with van der Waals surface area (Å²) < 4.78 is 0. The van der Waals surface area contributed by atoms with Crippen LogP contribution in [0.5, 0.6) is 0 Å². The molecule has 0 saturated heterocycles. The molecule has 2 N–H and O–H groups in total. The molecule has 6 heteroatoms. The van der Waals surface area contributed by atoms with Crippen molar-refractivity contribution in [1.29, 1.82) is 0 Å². The van der Waals surface area contributed by atoms with E-state index >= 15 is 0 Å². The average Bonchev–Trinajstić information content (AvgIpc) is 2.71. The number of aliphatic hydroxyl groups is 1. The molecule has 4 rings (SSSR count). The van der Waals surface area contributed by atoms with Gasteiger partial charge in [-0.05, 0) is 29.3 Å². The quantitative estimate of drug-likeness (QED) is 0.759. The number of amides is 1. The second-order valence-corrected chi connectivity index (χ2v) is 6.07. The van der Waals surface area contributed by atoms with Gasteiger partial charge in [0, 0.05) is 30.2 Å². The molecule has 1 aromatic heterocycles. The van der Waals surface area contributed by atoms with E-state index in [9.17, 15) is 9.90 Å².